The molecule has 2 N–H and O–H groups in total. The van der Waals surface area contributed by atoms with Crippen LogP contribution in [-0.2, 0) is 11.2 Å². The number of carbonyl (C=O) groups is 1. The van der Waals surface area contributed by atoms with E-state index in [4.69, 9.17) is 0 Å². The van der Waals surface area contributed by atoms with E-state index in [1.165, 1.54) is 16.9 Å². The number of benzene rings is 1. The summed E-state index contributed by atoms with van der Waals surface area (Å²) < 4.78 is 0. The molecule has 130 valence electrons. The lowest BCUT2D eigenvalue weighted by Crippen LogP contribution is -2.17. The predicted octanol–water partition coefficient (Wildman–Crippen LogP) is 4.17. The molecule has 1 aromatic carbocycles. The molecule has 0 fully saturated rings. The molecule has 0 aliphatic heterocycles. The largest absolute Gasteiger partial charge is 0.480 e. The number of nitrogens with one attached hydrogen (secondary N) is 1. The number of nitrogens with zero attached hydrogens (tertiary/aromatic N) is 1. The number of aromatic amines is 1. The van der Waals surface area contributed by atoms with E-state index >= 15 is 0 Å². The topological polar surface area (TPSA) is 83.0 Å². The van der Waals surface area contributed by atoms with Gasteiger partial charge in [-0.25, -0.2) is 4.98 Å². The minimum atomic E-state index is -0.905. The third kappa shape index (κ3) is 3.62. The van der Waals surface area contributed by atoms with Crippen LogP contribution in [0.5, 0.6) is 0 Å². The fourth-order valence-electron chi connectivity index (χ4n) is 2.56. The second-order valence-electron chi connectivity index (χ2n) is 5.60. The molecule has 0 aliphatic carbocycles. The first-order valence-corrected chi connectivity index (χ1v) is 9.79. The van der Waals surface area contributed by atoms with Crippen molar-refractivity contribution >= 4 is 39.3 Å². The van der Waals surface area contributed by atoms with E-state index in [1.54, 1.807) is 6.92 Å². The third-order valence-corrected chi connectivity index (χ3v) is 6.10. The Morgan fingerprint density at radius 1 is 1.32 bits per heavy atom. The summed E-state index contributed by atoms with van der Waals surface area (Å²) in [6.07, 6.45) is 1.43. The number of rotatable bonds is 6. The van der Waals surface area contributed by atoms with Crippen molar-refractivity contribution in [2.24, 2.45) is 0 Å². The van der Waals surface area contributed by atoms with Gasteiger partial charge in [-0.1, -0.05) is 49.9 Å². The van der Waals surface area contributed by atoms with Crippen molar-refractivity contribution in [1.82, 2.24) is 9.97 Å². The molecule has 2 heterocycles. The second-order valence-corrected chi connectivity index (χ2v) is 7.65. The number of carboxylic acid groups (broad SMARTS) is 1. The van der Waals surface area contributed by atoms with E-state index in [2.05, 4.69) is 29.0 Å². The Kier molecular flexibility index (Phi) is 5.24. The van der Waals surface area contributed by atoms with Gasteiger partial charge in [-0.05, 0) is 24.0 Å². The molecule has 0 bridgehead atoms. The van der Waals surface area contributed by atoms with Crippen molar-refractivity contribution in [3.05, 3.63) is 45.6 Å². The van der Waals surface area contributed by atoms with Gasteiger partial charge in [0.15, 0.2) is 5.16 Å². The molecule has 25 heavy (non-hydrogen) atoms. The minimum absolute atomic E-state index is 0.233. The summed E-state index contributed by atoms with van der Waals surface area (Å²) in [6.45, 7) is 3.90. The maximum absolute atomic E-state index is 12.6. The molecule has 0 spiro atoms. The summed E-state index contributed by atoms with van der Waals surface area (Å²) >= 11 is 2.47. The number of hydrogen-bond donors (Lipinski definition) is 2. The van der Waals surface area contributed by atoms with Crippen molar-refractivity contribution in [3.8, 4) is 11.1 Å². The van der Waals surface area contributed by atoms with Crippen molar-refractivity contribution in [1.29, 1.82) is 0 Å². The average Bonchev–Trinajstić information content (AvgIpc) is 3.04. The first-order valence-electron chi connectivity index (χ1n) is 8.03. The van der Waals surface area contributed by atoms with Crippen molar-refractivity contribution < 1.29 is 9.90 Å². The van der Waals surface area contributed by atoms with Crippen LogP contribution in [0.4, 0.5) is 0 Å². The Hall–Kier alpha value is -2.12. The van der Waals surface area contributed by atoms with Gasteiger partial charge in [0.25, 0.3) is 5.56 Å². The molecule has 5 nitrogen and oxygen atoms in total. The number of carboxylic acids is 1. The van der Waals surface area contributed by atoms with Crippen molar-refractivity contribution in [3.63, 3.8) is 0 Å². The van der Waals surface area contributed by atoms with E-state index < -0.39 is 11.2 Å². The molecule has 3 rings (SSSR count). The molecule has 0 amide bonds. The highest BCUT2D eigenvalue weighted by atomic mass is 32.2. The molecule has 7 heteroatoms. The smallest absolute Gasteiger partial charge is 0.317 e. The van der Waals surface area contributed by atoms with Gasteiger partial charge in [0.05, 0.1) is 5.39 Å². The van der Waals surface area contributed by atoms with Crippen LogP contribution in [0.2, 0.25) is 0 Å². The molecule has 2 aromatic heterocycles. The standard InChI is InChI=1S/C18H18N2O3S2/c1-3-10-5-7-11(8-6-10)12-9-24-16-14(12)15(21)19-18(20-16)25-13(4-2)17(22)23/h5-9,13H,3-4H2,1-2H3,(H,22,23)(H,19,20,21). The Balaban J connectivity index is 2.01. The Bertz CT molecular complexity index is 961. The molecule has 0 saturated heterocycles. The van der Waals surface area contributed by atoms with Gasteiger partial charge in [-0.2, -0.15) is 0 Å². The van der Waals surface area contributed by atoms with E-state index in [-0.39, 0.29) is 5.56 Å². The number of fused-ring (bicyclic) bond motifs is 1. The number of H-pyrrole nitrogens is 1. The Morgan fingerprint density at radius 3 is 2.64 bits per heavy atom. The van der Waals surface area contributed by atoms with Gasteiger partial charge in [0.2, 0.25) is 0 Å². The Labute approximate surface area is 153 Å². The number of thioether (sulfide) groups is 1. The molecule has 3 aromatic rings. The zero-order valence-corrected chi connectivity index (χ0v) is 15.5. The van der Waals surface area contributed by atoms with Gasteiger partial charge < -0.3 is 10.1 Å². The van der Waals surface area contributed by atoms with Gasteiger partial charge in [-0.3, -0.25) is 9.59 Å². The van der Waals surface area contributed by atoms with Crippen LogP contribution in [0.1, 0.15) is 25.8 Å². The number of aryl methyl sites for hydroxylation is 1. The molecule has 0 aliphatic rings. The van der Waals surface area contributed by atoms with Crippen LogP contribution in [0.3, 0.4) is 0 Å². The maximum atomic E-state index is 12.6. The SMILES string of the molecule is CCc1ccc(-c2csc3nc(SC(CC)C(=O)O)[nH]c(=O)c23)cc1. The zero-order chi connectivity index (χ0) is 18.0. The highest BCUT2D eigenvalue weighted by Crippen LogP contribution is 2.32. The fourth-order valence-corrected chi connectivity index (χ4v) is 4.40. The van der Waals surface area contributed by atoms with Gasteiger partial charge in [0, 0.05) is 10.9 Å². The summed E-state index contributed by atoms with van der Waals surface area (Å²) in [5.74, 6) is -0.905. The molecular formula is C18H18N2O3S2. The molecule has 1 unspecified atom stereocenters. The van der Waals surface area contributed by atoms with Crippen LogP contribution in [0.25, 0.3) is 21.3 Å². The fraction of sp³-hybridized carbons (Fsp3) is 0.278. The summed E-state index contributed by atoms with van der Waals surface area (Å²) in [5.41, 5.74) is 2.85. The number of aromatic nitrogens is 2. The molecule has 0 saturated carbocycles. The normalized spacial score (nSPS) is 12.4. The highest BCUT2D eigenvalue weighted by Gasteiger charge is 2.19. The van der Waals surface area contributed by atoms with Gasteiger partial charge in [-0.15, -0.1) is 11.3 Å². The first-order chi connectivity index (χ1) is 12.0. The van der Waals surface area contributed by atoms with Crippen LogP contribution in [-0.4, -0.2) is 26.3 Å². The lowest BCUT2D eigenvalue weighted by Gasteiger charge is -2.08. The van der Waals surface area contributed by atoms with Crippen molar-refractivity contribution in [2.75, 3.05) is 0 Å². The second kappa shape index (κ2) is 7.41. The van der Waals surface area contributed by atoms with E-state index in [1.807, 2.05) is 17.5 Å². The lowest BCUT2D eigenvalue weighted by molar-refractivity contribution is -0.136. The minimum Gasteiger partial charge on any atom is -0.480 e. The Morgan fingerprint density at radius 2 is 2.04 bits per heavy atom. The number of thiophene rings is 1. The van der Waals surface area contributed by atoms with Gasteiger partial charge in [0.1, 0.15) is 10.1 Å². The molecule has 1 atom stereocenters. The quantitative estimate of drug-likeness (QED) is 0.500. The van der Waals surface area contributed by atoms with Crippen LogP contribution < -0.4 is 5.56 Å². The maximum Gasteiger partial charge on any atom is 0.317 e. The number of hydrogen-bond acceptors (Lipinski definition) is 5. The van der Waals surface area contributed by atoms with Gasteiger partial charge >= 0.3 is 5.97 Å². The first kappa shape index (κ1) is 17.7. The molecular weight excluding hydrogens is 356 g/mol. The third-order valence-electron chi connectivity index (χ3n) is 4.00. The summed E-state index contributed by atoms with van der Waals surface area (Å²) in [5, 5.41) is 11.4. The summed E-state index contributed by atoms with van der Waals surface area (Å²) in [6, 6.07) is 8.15. The van der Waals surface area contributed by atoms with Crippen LogP contribution in [0.15, 0.2) is 39.6 Å². The van der Waals surface area contributed by atoms with Crippen LogP contribution >= 0.6 is 23.1 Å². The van der Waals surface area contributed by atoms with E-state index in [0.717, 1.165) is 29.3 Å². The lowest BCUT2D eigenvalue weighted by atomic mass is 10.0. The average molecular weight is 374 g/mol. The molecule has 0 radical (unpaired) electrons. The summed E-state index contributed by atoms with van der Waals surface area (Å²) in [4.78, 5) is 31.6. The van der Waals surface area contributed by atoms with Crippen molar-refractivity contribution in [2.45, 2.75) is 37.1 Å². The number of aliphatic carboxylic acids is 1. The van der Waals surface area contributed by atoms with E-state index in [0.29, 0.717) is 21.8 Å². The van der Waals surface area contributed by atoms with E-state index in [9.17, 15) is 14.7 Å². The zero-order valence-electron chi connectivity index (χ0n) is 13.9. The monoisotopic (exact) mass is 374 g/mol. The predicted molar refractivity (Wildman–Crippen MR) is 103 cm³/mol. The highest BCUT2D eigenvalue weighted by molar-refractivity contribution is 8.00. The van der Waals surface area contributed by atoms with Crippen LogP contribution in [0, 0.1) is 0 Å². The summed E-state index contributed by atoms with van der Waals surface area (Å²) in [7, 11) is 0.